The molecule has 1 saturated heterocycles. The van der Waals surface area contributed by atoms with E-state index in [-0.39, 0.29) is 17.8 Å². The molecule has 3 rings (SSSR count). The minimum Gasteiger partial charge on any atom is -0.379 e. The van der Waals surface area contributed by atoms with Gasteiger partial charge in [0.1, 0.15) is 0 Å². The summed E-state index contributed by atoms with van der Waals surface area (Å²) in [7, 11) is 0. The zero-order valence-corrected chi connectivity index (χ0v) is 16.7. The number of ether oxygens (including phenoxy) is 1. The third-order valence-electron chi connectivity index (χ3n) is 4.86. The molecule has 0 bridgehead atoms. The first-order chi connectivity index (χ1) is 13.3. The van der Waals surface area contributed by atoms with Crippen LogP contribution in [0.15, 0.2) is 18.2 Å². The number of hydrogen-bond donors (Lipinski definition) is 2. The summed E-state index contributed by atoms with van der Waals surface area (Å²) in [6.45, 7) is 10.3. The fourth-order valence-electron chi connectivity index (χ4n) is 3.43. The Labute approximate surface area is 165 Å². The summed E-state index contributed by atoms with van der Waals surface area (Å²) in [6.07, 6.45) is 0.852. The maximum absolute atomic E-state index is 12.6. The van der Waals surface area contributed by atoms with Gasteiger partial charge in [-0.1, -0.05) is 0 Å². The molecule has 1 aromatic carbocycles. The molecule has 0 radical (unpaired) electrons. The molecule has 0 aliphatic carbocycles. The fourth-order valence-corrected chi connectivity index (χ4v) is 3.43. The molecule has 4 amide bonds. The van der Waals surface area contributed by atoms with Gasteiger partial charge in [-0.05, 0) is 51.9 Å². The molecule has 1 fully saturated rings. The molecule has 8 nitrogen and oxygen atoms in total. The van der Waals surface area contributed by atoms with Gasteiger partial charge in [0.2, 0.25) is 0 Å². The quantitative estimate of drug-likeness (QED) is 0.594. The Bertz CT molecular complexity index is 766. The smallest absolute Gasteiger partial charge is 0.319 e. The predicted octanol–water partition coefficient (Wildman–Crippen LogP) is 1.92. The third-order valence-corrected chi connectivity index (χ3v) is 4.86. The highest BCUT2D eigenvalue weighted by Gasteiger charge is 2.41. The lowest BCUT2D eigenvalue weighted by molar-refractivity contribution is 0.0375. The van der Waals surface area contributed by atoms with Crippen molar-refractivity contribution < 1.29 is 19.1 Å². The van der Waals surface area contributed by atoms with E-state index in [1.807, 2.05) is 20.8 Å². The number of carbonyl (C=O) groups excluding carboxylic acids is 3. The van der Waals surface area contributed by atoms with E-state index in [0.717, 1.165) is 39.3 Å². The van der Waals surface area contributed by atoms with E-state index in [9.17, 15) is 14.4 Å². The van der Waals surface area contributed by atoms with Gasteiger partial charge in [-0.2, -0.15) is 0 Å². The van der Waals surface area contributed by atoms with Crippen molar-refractivity contribution in [2.24, 2.45) is 0 Å². The number of anilines is 1. The summed E-state index contributed by atoms with van der Waals surface area (Å²) in [5, 5.41) is 5.55. The van der Waals surface area contributed by atoms with E-state index in [1.165, 1.54) is 4.90 Å². The van der Waals surface area contributed by atoms with Crippen molar-refractivity contribution >= 4 is 23.5 Å². The first-order valence-electron chi connectivity index (χ1n) is 9.65. The van der Waals surface area contributed by atoms with Crippen molar-refractivity contribution in [1.29, 1.82) is 0 Å². The molecule has 0 spiro atoms. The van der Waals surface area contributed by atoms with E-state index < -0.39 is 5.54 Å². The molecule has 2 N–H and O–H groups in total. The number of morpholine rings is 1. The van der Waals surface area contributed by atoms with Gasteiger partial charge in [0, 0.05) is 30.9 Å². The van der Waals surface area contributed by atoms with Crippen LogP contribution in [0.4, 0.5) is 10.5 Å². The molecule has 0 aromatic heterocycles. The zero-order chi connectivity index (χ0) is 20.3. The topological polar surface area (TPSA) is 91.0 Å². The van der Waals surface area contributed by atoms with Crippen LogP contribution >= 0.6 is 0 Å². The second-order valence-electron chi connectivity index (χ2n) is 8.07. The van der Waals surface area contributed by atoms with Gasteiger partial charge in [-0.25, -0.2) is 4.79 Å². The number of imide groups is 1. The van der Waals surface area contributed by atoms with Crippen LogP contribution in [0.1, 0.15) is 47.9 Å². The van der Waals surface area contributed by atoms with Gasteiger partial charge in [-0.15, -0.1) is 0 Å². The number of fused-ring (bicyclic) bond motifs is 1. The van der Waals surface area contributed by atoms with E-state index in [1.54, 1.807) is 18.2 Å². The average molecular weight is 388 g/mol. The third kappa shape index (κ3) is 4.51. The molecule has 1 aromatic rings. The van der Waals surface area contributed by atoms with Crippen LogP contribution in [0.5, 0.6) is 0 Å². The standard InChI is InChI=1S/C20H28N4O4/c1-20(2,3)24-17(25)15-6-5-14(13-16(15)18(24)26)22-19(27)21-7-4-8-23-9-11-28-12-10-23/h5-6,13H,4,7-12H2,1-3H3,(H2,21,22,27). The molecule has 2 aliphatic rings. The minimum absolute atomic E-state index is 0.299. The van der Waals surface area contributed by atoms with Crippen molar-refractivity contribution in [3.8, 4) is 0 Å². The van der Waals surface area contributed by atoms with Crippen molar-refractivity contribution in [1.82, 2.24) is 15.1 Å². The van der Waals surface area contributed by atoms with Crippen molar-refractivity contribution in [3.05, 3.63) is 29.3 Å². The minimum atomic E-state index is -0.599. The molecule has 2 heterocycles. The average Bonchev–Trinajstić information content (AvgIpc) is 2.90. The van der Waals surface area contributed by atoms with E-state index in [2.05, 4.69) is 15.5 Å². The van der Waals surface area contributed by atoms with Gasteiger partial charge in [0.25, 0.3) is 11.8 Å². The Morgan fingerprint density at radius 2 is 1.79 bits per heavy atom. The molecule has 0 saturated carbocycles. The van der Waals surface area contributed by atoms with Crippen LogP contribution in [0.25, 0.3) is 0 Å². The monoisotopic (exact) mass is 388 g/mol. The summed E-state index contributed by atoms with van der Waals surface area (Å²) >= 11 is 0. The lowest BCUT2D eigenvalue weighted by atomic mass is 10.1. The number of nitrogens with zero attached hydrogens (tertiary/aromatic N) is 2. The highest BCUT2D eigenvalue weighted by molar-refractivity contribution is 6.22. The van der Waals surface area contributed by atoms with Crippen molar-refractivity contribution in [2.75, 3.05) is 44.7 Å². The van der Waals surface area contributed by atoms with Crippen molar-refractivity contribution in [2.45, 2.75) is 32.7 Å². The summed E-state index contributed by atoms with van der Waals surface area (Å²) < 4.78 is 5.31. The highest BCUT2D eigenvalue weighted by atomic mass is 16.5. The number of rotatable bonds is 5. The lowest BCUT2D eigenvalue weighted by Gasteiger charge is -2.29. The number of nitrogens with one attached hydrogen (secondary N) is 2. The van der Waals surface area contributed by atoms with E-state index >= 15 is 0 Å². The van der Waals surface area contributed by atoms with E-state index in [4.69, 9.17) is 4.74 Å². The molecular formula is C20H28N4O4. The Hall–Kier alpha value is -2.45. The molecule has 8 heteroatoms. The first-order valence-corrected chi connectivity index (χ1v) is 9.65. The number of carbonyl (C=O) groups is 3. The van der Waals surface area contributed by atoms with Crippen molar-refractivity contribution in [3.63, 3.8) is 0 Å². The zero-order valence-electron chi connectivity index (χ0n) is 16.7. The van der Waals surface area contributed by atoms with Crippen LogP contribution in [-0.2, 0) is 4.74 Å². The number of hydrogen-bond acceptors (Lipinski definition) is 5. The maximum Gasteiger partial charge on any atom is 0.319 e. The first kappa shape index (κ1) is 20.3. The second-order valence-corrected chi connectivity index (χ2v) is 8.07. The van der Waals surface area contributed by atoms with Crippen LogP contribution < -0.4 is 10.6 Å². The van der Waals surface area contributed by atoms with Crippen LogP contribution in [0.3, 0.4) is 0 Å². The summed E-state index contributed by atoms with van der Waals surface area (Å²) in [5.41, 5.74) is 0.585. The highest BCUT2D eigenvalue weighted by Crippen LogP contribution is 2.30. The number of amides is 4. The summed E-state index contributed by atoms with van der Waals surface area (Å²) in [6, 6.07) is 4.47. The van der Waals surface area contributed by atoms with Crippen LogP contribution in [0.2, 0.25) is 0 Å². The molecule has 0 unspecified atom stereocenters. The number of urea groups is 1. The lowest BCUT2D eigenvalue weighted by Crippen LogP contribution is -2.45. The SMILES string of the molecule is CC(C)(C)N1C(=O)c2ccc(NC(=O)NCCCN3CCOCC3)cc2C1=O. The second kappa shape index (κ2) is 8.28. The largest absolute Gasteiger partial charge is 0.379 e. The Kier molecular flexibility index (Phi) is 6.00. The normalized spacial score (nSPS) is 17.6. The predicted molar refractivity (Wildman–Crippen MR) is 106 cm³/mol. The Morgan fingerprint density at radius 1 is 1.11 bits per heavy atom. The summed E-state index contributed by atoms with van der Waals surface area (Å²) in [4.78, 5) is 40.8. The molecular weight excluding hydrogens is 360 g/mol. The molecule has 28 heavy (non-hydrogen) atoms. The van der Waals surface area contributed by atoms with Gasteiger partial charge in [0.15, 0.2) is 0 Å². The van der Waals surface area contributed by atoms with Gasteiger partial charge in [-0.3, -0.25) is 19.4 Å². The fraction of sp³-hybridized carbons (Fsp3) is 0.550. The maximum atomic E-state index is 12.6. The summed E-state index contributed by atoms with van der Waals surface area (Å²) in [5.74, 6) is -0.631. The molecule has 152 valence electrons. The Balaban J connectivity index is 1.52. The van der Waals surface area contributed by atoms with E-state index in [0.29, 0.717) is 23.4 Å². The van der Waals surface area contributed by atoms with Crippen LogP contribution in [0, 0.1) is 0 Å². The Morgan fingerprint density at radius 3 is 2.46 bits per heavy atom. The number of benzene rings is 1. The molecule has 0 atom stereocenters. The van der Waals surface area contributed by atoms with Crippen LogP contribution in [-0.4, -0.2) is 72.6 Å². The molecule has 2 aliphatic heterocycles. The van der Waals surface area contributed by atoms with Gasteiger partial charge < -0.3 is 15.4 Å². The van der Waals surface area contributed by atoms with Gasteiger partial charge in [0.05, 0.1) is 24.3 Å². The van der Waals surface area contributed by atoms with Gasteiger partial charge >= 0.3 is 6.03 Å².